The number of halogens is 2. The van der Waals surface area contributed by atoms with Crippen LogP contribution in [0, 0.1) is 0 Å². The first kappa shape index (κ1) is 21.3. The highest BCUT2D eigenvalue weighted by molar-refractivity contribution is 6.40. The van der Waals surface area contributed by atoms with E-state index >= 15 is 0 Å². The first-order valence-corrected chi connectivity index (χ1v) is 8.62. The van der Waals surface area contributed by atoms with E-state index in [1.165, 1.54) is 13.2 Å². The molecule has 0 aliphatic carbocycles. The fourth-order valence-electron chi connectivity index (χ4n) is 2.17. The molecule has 28 heavy (non-hydrogen) atoms. The van der Waals surface area contributed by atoms with Crippen LogP contribution in [0.2, 0.25) is 10.0 Å². The standard InChI is InChI=1S/C19H16Cl2N2O5/c1-27-16(24)10-15(19(26)28-2)22-14-9-4-3-6-11(14)18(25)23-17-12(20)7-5-8-13(17)21/h3-10,22H,1-2H3,(H,23,25)/b15-10+. The summed E-state index contributed by atoms with van der Waals surface area (Å²) in [5.41, 5.74) is 0.483. The van der Waals surface area contributed by atoms with E-state index in [0.717, 1.165) is 13.2 Å². The van der Waals surface area contributed by atoms with E-state index < -0.39 is 17.8 Å². The van der Waals surface area contributed by atoms with Gasteiger partial charge in [0, 0.05) is 0 Å². The van der Waals surface area contributed by atoms with Crippen LogP contribution in [0.3, 0.4) is 0 Å². The number of nitrogens with one attached hydrogen (secondary N) is 2. The second-order valence-corrected chi connectivity index (χ2v) is 6.11. The third kappa shape index (κ3) is 5.25. The van der Waals surface area contributed by atoms with Crippen molar-refractivity contribution in [3.8, 4) is 0 Å². The molecule has 2 rings (SSSR count). The van der Waals surface area contributed by atoms with Gasteiger partial charge in [0.25, 0.3) is 5.91 Å². The molecule has 0 aliphatic rings. The first-order valence-electron chi connectivity index (χ1n) is 7.86. The van der Waals surface area contributed by atoms with Crippen molar-refractivity contribution in [1.82, 2.24) is 0 Å². The molecule has 0 fully saturated rings. The van der Waals surface area contributed by atoms with E-state index in [9.17, 15) is 14.4 Å². The minimum absolute atomic E-state index is 0.179. The lowest BCUT2D eigenvalue weighted by Gasteiger charge is -2.14. The van der Waals surface area contributed by atoms with Gasteiger partial charge in [-0.05, 0) is 24.3 Å². The molecule has 0 radical (unpaired) electrons. The lowest BCUT2D eigenvalue weighted by molar-refractivity contribution is -0.138. The van der Waals surface area contributed by atoms with Crippen molar-refractivity contribution in [3.63, 3.8) is 0 Å². The van der Waals surface area contributed by atoms with Gasteiger partial charge in [-0.2, -0.15) is 0 Å². The van der Waals surface area contributed by atoms with Gasteiger partial charge in [-0.25, -0.2) is 9.59 Å². The number of methoxy groups -OCH3 is 2. The molecule has 1 amide bonds. The predicted molar refractivity (Wildman–Crippen MR) is 107 cm³/mol. The number of hydrogen-bond acceptors (Lipinski definition) is 6. The van der Waals surface area contributed by atoms with E-state index in [1.807, 2.05) is 0 Å². The van der Waals surface area contributed by atoms with Crippen LogP contribution in [0.25, 0.3) is 0 Å². The van der Waals surface area contributed by atoms with Gasteiger partial charge in [-0.15, -0.1) is 0 Å². The molecule has 7 nitrogen and oxygen atoms in total. The van der Waals surface area contributed by atoms with Gasteiger partial charge in [-0.1, -0.05) is 41.4 Å². The van der Waals surface area contributed by atoms with Crippen LogP contribution in [-0.2, 0) is 19.1 Å². The average Bonchev–Trinajstić information content (AvgIpc) is 2.69. The summed E-state index contributed by atoms with van der Waals surface area (Å²) in [7, 11) is 2.33. The van der Waals surface area contributed by atoms with Crippen LogP contribution < -0.4 is 10.6 Å². The molecule has 146 valence electrons. The van der Waals surface area contributed by atoms with Crippen LogP contribution in [0.1, 0.15) is 10.4 Å². The summed E-state index contributed by atoms with van der Waals surface area (Å²) < 4.78 is 9.17. The molecule has 0 heterocycles. The number of para-hydroxylation sites is 2. The van der Waals surface area contributed by atoms with Crippen molar-refractivity contribution in [2.24, 2.45) is 0 Å². The van der Waals surface area contributed by atoms with Crippen molar-refractivity contribution in [1.29, 1.82) is 0 Å². The molecular weight excluding hydrogens is 407 g/mol. The molecule has 0 saturated heterocycles. The van der Waals surface area contributed by atoms with Crippen molar-refractivity contribution in [3.05, 3.63) is 69.8 Å². The first-order chi connectivity index (χ1) is 13.4. The molecule has 0 bridgehead atoms. The van der Waals surface area contributed by atoms with Crippen LogP contribution in [0.15, 0.2) is 54.2 Å². The largest absolute Gasteiger partial charge is 0.466 e. The van der Waals surface area contributed by atoms with Gasteiger partial charge in [0.2, 0.25) is 0 Å². The summed E-state index contributed by atoms with van der Waals surface area (Å²) in [5.74, 6) is -2.10. The fraction of sp³-hybridized carbons (Fsp3) is 0.105. The summed E-state index contributed by atoms with van der Waals surface area (Å²) in [5, 5.41) is 5.89. The molecule has 0 atom stereocenters. The lowest BCUT2D eigenvalue weighted by atomic mass is 10.1. The number of benzene rings is 2. The Bertz CT molecular complexity index is 923. The molecular formula is C19H16Cl2N2O5. The average molecular weight is 423 g/mol. The Morgan fingerprint density at radius 1 is 0.893 bits per heavy atom. The zero-order valence-corrected chi connectivity index (χ0v) is 16.4. The Kier molecular flexibility index (Phi) is 7.43. The SMILES string of the molecule is COC(=O)/C=C(/Nc1ccccc1C(=O)Nc1c(Cl)cccc1Cl)C(=O)OC. The number of anilines is 2. The zero-order chi connectivity index (χ0) is 20.7. The molecule has 2 aromatic rings. The summed E-state index contributed by atoms with van der Waals surface area (Å²) in [6.45, 7) is 0. The van der Waals surface area contributed by atoms with E-state index in [1.54, 1.807) is 36.4 Å². The highest BCUT2D eigenvalue weighted by Crippen LogP contribution is 2.31. The van der Waals surface area contributed by atoms with E-state index in [2.05, 4.69) is 20.1 Å². The Balaban J connectivity index is 2.36. The van der Waals surface area contributed by atoms with Gasteiger partial charge in [-0.3, -0.25) is 4.79 Å². The Hall–Kier alpha value is -3.03. The van der Waals surface area contributed by atoms with Gasteiger partial charge in [0.05, 0.1) is 47.3 Å². The number of ether oxygens (including phenoxy) is 2. The number of hydrogen-bond donors (Lipinski definition) is 2. The number of rotatable bonds is 6. The topological polar surface area (TPSA) is 93.7 Å². The summed E-state index contributed by atoms with van der Waals surface area (Å²) >= 11 is 12.2. The van der Waals surface area contributed by atoms with Crippen LogP contribution in [0.4, 0.5) is 11.4 Å². The maximum Gasteiger partial charge on any atom is 0.354 e. The highest BCUT2D eigenvalue weighted by Gasteiger charge is 2.18. The van der Waals surface area contributed by atoms with Gasteiger partial charge >= 0.3 is 11.9 Å². The van der Waals surface area contributed by atoms with Crippen LogP contribution in [-0.4, -0.2) is 32.1 Å². The minimum atomic E-state index is -0.810. The van der Waals surface area contributed by atoms with Crippen molar-refractivity contribution < 1.29 is 23.9 Å². The second kappa shape index (κ2) is 9.77. The van der Waals surface area contributed by atoms with E-state index in [-0.39, 0.29) is 32.7 Å². The quantitative estimate of drug-likeness (QED) is 0.541. The lowest BCUT2D eigenvalue weighted by Crippen LogP contribution is -2.19. The van der Waals surface area contributed by atoms with E-state index in [0.29, 0.717) is 0 Å². The predicted octanol–water partition coefficient (Wildman–Crippen LogP) is 3.89. The van der Waals surface area contributed by atoms with Crippen molar-refractivity contribution >= 4 is 52.4 Å². The number of carbonyl (C=O) groups excluding carboxylic acids is 3. The van der Waals surface area contributed by atoms with Crippen LogP contribution >= 0.6 is 23.2 Å². The fourth-order valence-corrected chi connectivity index (χ4v) is 2.66. The molecule has 0 unspecified atom stereocenters. The Morgan fingerprint density at radius 2 is 1.54 bits per heavy atom. The van der Waals surface area contributed by atoms with Crippen molar-refractivity contribution in [2.75, 3.05) is 24.9 Å². The molecule has 0 aliphatic heterocycles. The maximum atomic E-state index is 12.7. The van der Waals surface area contributed by atoms with Gasteiger partial charge in [0.15, 0.2) is 0 Å². The summed E-state index contributed by atoms with van der Waals surface area (Å²) in [4.78, 5) is 36.2. The van der Waals surface area contributed by atoms with Gasteiger partial charge in [0.1, 0.15) is 5.70 Å². The number of carbonyl (C=O) groups is 3. The van der Waals surface area contributed by atoms with Crippen LogP contribution in [0.5, 0.6) is 0 Å². The molecule has 0 spiro atoms. The third-order valence-electron chi connectivity index (χ3n) is 3.51. The molecule has 2 N–H and O–H groups in total. The molecule has 9 heteroatoms. The summed E-state index contributed by atoms with van der Waals surface area (Å²) in [6.07, 6.45) is 0.922. The number of esters is 2. The molecule has 2 aromatic carbocycles. The number of amides is 1. The van der Waals surface area contributed by atoms with Crippen molar-refractivity contribution in [2.45, 2.75) is 0 Å². The minimum Gasteiger partial charge on any atom is -0.466 e. The van der Waals surface area contributed by atoms with Gasteiger partial charge < -0.3 is 20.1 Å². The highest BCUT2D eigenvalue weighted by atomic mass is 35.5. The monoisotopic (exact) mass is 422 g/mol. The third-order valence-corrected chi connectivity index (χ3v) is 4.14. The second-order valence-electron chi connectivity index (χ2n) is 5.29. The smallest absolute Gasteiger partial charge is 0.354 e. The Morgan fingerprint density at radius 3 is 2.14 bits per heavy atom. The normalized spacial score (nSPS) is 10.8. The van der Waals surface area contributed by atoms with E-state index in [4.69, 9.17) is 23.2 Å². The molecule has 0 saturated carbocycles. The molecule has 0 aromatic heterocycles. The Labute approximate surface area is 171 Å². The maximum absolute atomic E-state index is 12.7. The summed E-state index contributed by atoms with van der Waals surface area (Å²) in [6, 6.07) is 11.2. The zero-order valence-electron chi connectivity index (χ0n) is 14.9.